The first kappa shape index (κ1) is 14.4. The molecule has 0 aliphatic heterocycles. The van der Waals surface area contributed by atoms with Crippen molar-refractivity contribution < 1.29 is 18.6 Å². The molecule has 20 heavy (non-hydrogen) atoms. The van der Waals surface area contributed by atoms with Crippen molar-refractivity contribution in [1.82, 2.24) is 0 Å². The minimum atomic E-state index is -1.97. The van der Waals surface area contributed by atoms with E-state index < -0.39 is 11.1 Å². The average Bonchev–Trinajstić information content (AvgIpc) is 2.46. The average molecular weight is 293 g/mol. The Morgan fingerprint density at radius 1 is 1.20 bits per heavy atom. The van der Waals surface area contributed by atoms with Gasteiger partial charge < -0.3 is 19.7 Å². The Kier molecular flexibility index (Phi) is 4.60. The molecule has 0 radical (unpaired) electrons. The summed E-state index contributed by atoms with van der Waals surface area (Å²) in [6, 6.07) is 11.8. The number of ether oxygens (including phenoxy) is 1. The Labute approximate surface area is 119 Å². The molecule has 0 amide bonds. The zero-order chi connectivity index (χ0) is 14.5. The van der Waals surface area contributed by atoms with E-state index in [1.54, 1.807) is 42.5 Å². The fraction of sp³-hybridized carbons (Fsp3) is 0.143. The summed E-state index contributed by atoms with van der Waals surface area (Å²) in [7, 11) is 1.50. The summed E-state index contributed by atoms with van der Waals surface area (Å²) in [4.78, 5) is 0.347. The summed E-state index contributed by atoms with van der Waals surface area (Å²) < 4.78 is 24.8. The number of methoxy groups -OCH3 is 1. The van der Waals surface area contributed by atoms with Gasteiger partial charge in [-0.15, -0.1) is 0 Å². The van der Waals surface area contributed by atoms with Crippen molar-refractivity contribution in [3.05, 3.63) is 48.0 Å². The number of para-hydroxylation sites is 1. The van der Waals surface area contributed by atoms with E-state index in [1.165, 1.54) is 7.11 Å². The van der Waals surface area contributed by atoms with Crippen LogP contribution in [0, 0.1) is 0 Å². The standard InChI is InChI=1S/C14H15NO4S/c1-19-13-4-2-3-10(14(13)16)9-15-11-5-7-12(8-6-11)20(17)18/h2-8,15-16H,9H2,1H3,(H,17,18). The lowest BCUT2D eigenvalue weighted by Gasteiger charge is -2.10. The molecule has 0 saturated heterocycles. The summed E-state index contributed by atoms with van der Waals surface area (Å²) >= 11 is -1.97. The van der Waals surface area contributed by atoms with E-state index in [4.69, 9.17) is 9.29 Å². The molecular weight excluding hydrogens is 278 g/mol. The van der Waals surface area contributed by atoms with Gasteiger partial charge in [-0.1, -0.05) is 12.1 Å². The monoisotopic (exact) mass is 293 g/mol. The summed E-state index contributed by atoms with van der Waals surface area (Å²) in [6.07, 6.45) is 0. The Morgan fingerprint density at radius 3 is 2.50 bits per heavy atom. The number of hydrogen-bond donors (Lipinski definition) is 3. The molecule has 0 fully saturated rings. The Balaban J connectivity index is 2.07. The quantitative estimate of drug-likeness (QED) is 0.738. The molecule has 0 aliphatic carbocycles. The van der Waals surface area contributed by atoms with Crippen molar-refractivity contribution in [2.24, 2.45) is 0 Å². The van der Waals surface area contributed by atoms with Crippen LogP contribution in [0.1, 0.15) is 5.56 Å². The normalized spacial score (nSPS) is 11.9. The highest BCUT2D eigenvalue weighted by Gasteiger charge is 2.07. The van der Waals surface area contributed by atoms with Crippen LogP contribution in [0.15, 0.2) is 47.4 Å². The first-order chi connectivity index (χ1) is 9.61. The maximum absolute atomic E-state index is 10.9. The van der Waals surface area contributed by atoms with Crippen LogP contribution in [0.2, 0.25) is 0 Å². The van der Waals surface area contributed by atoms with Gasteiger partial charge in [0.1, 0.15) is 0 Å². The maximum Gasteiger partial charge on any atom is 0.186 e. The number of phenols is 1. The van der Waals surface area contributed by atoms with Crippen LogP contribution in [0.3, 0.4) is 0 Å². The largest absolute Gasteiger partial charge is 0.504 e. The van der Waals surface area contributed by atoms with E-state index in [-0.39, 0.29) is 5.75 Å². The lowest BCUT2D eigenvalue weighted by molar-refractivity contribution is 0.371. The highest BCUT2D eigenvalue weighted by molar-refractivity contribution is 7.79. The van der Waals surface area contributed by atoms with Crippen molar-refractivity contribution in [2.75, 3.05) is 12.4 Å². The SMILES string of the molecule is COc1cccc(CNc2ccc(S(=O)O)cc2)c1O. The smallest absolute Gasteiger partial charge is 0.186 e. The zero-order valence-electron chi connectivity index (χ0n) is 10.9. The number of rotatable bonds is 5. The molecular formula is C14H15NO4S. The molecule has 106 valence electrons. The molecule has 3 N–H and O–H groups in total. The predicted octanol–water partition coefficient (Wildman–Crippen LogP) is 2.59. The summed E-state index contributed by atoms with van der Waals surface area (Å²) in [5.74, 6) is 0.533. The van der Waals surface area contributed by atoms with Gasteiger partial charge in [0.2, 0.25) is 0 Å². The summed E-state index contributed by atoms with van der Waals surface area (Å²) in [5.41, 5.74) is 1.50. The number of aromatic hydroxyl groups is 1. The van der Waals surface area contributed by atoms with Crippen molar-refractivity contribution in [1.29, 1.82) is 0 Å². The fourth-order valence-corrected chi connectivity index (χ4v) is 2.13. The predicted molar refractivity (Wildman–Crippen MR) is 77.5 cm³/mol. The second kappa shape index (κ2) is 6.40. The second-order valence-electron chi connectivity index (χ2n) is 4.10. The van der Waals surface area contributed by atoms with Crippen LogP contribution in [0.4, 0.5) is 5.69 Å². The molecule has 0 aromatic heterocycles. The minimum absolute atomic E-state index is 0.107. The van der Waals surface area contributed by atoms with Crippen molar-refractivity contribution in [3.8, 4) is 11.5 Å². The van der Waals surface area contributed by atoms with E-state index in [9.17, 15) is 9.32 Å². The molecule has 0 spiro atoms. The zero-order valence-corrected chi connectivity index (χ0v) is 11.7. The van der Waals surface area contributed by atoms with Crippen LogP contribution in [0.5, 0.6) is 11.5 Å². The topological polar surface area (TPSA) is 78.8 Å². The number of hydrogen-bond acceptors (Lipinski definition) is 4. The third kappa shape index (κ3) is 3.28. The minimum Gasteiger partial charge on any atom is -0.504 e. The van der Waals surface area contributed by atoms with Gasteiger partial charge in [-0.2, -0.15) is 0 Å². The molecule has 1 unspecified atom stereocenters. The van der Waals surface area contributed by atoms with E-state index in [0.717, 1.165) is 5.69 Å². The van der Waals surface area contributed by atoms with Gasteiger partial charge in [0, 0.05) is 17.8 Å². The van der Waals surface area contributed by atoms with Gasteiger partial charge in [0.15, 0.2) is 22.6 Å². The van der Waals surface area contributed by atoms with Crippen molar-refractivity contribution >= 4 is 16.8 Å². The van der Waals surface area contributed by atoms with Crippen LogP contribution in [-0.4, -0.2) is 21.0 Å². The third-order valence-electron chi connectivity index (χ3n) is 2.84. The van der Waals surface area contributed by atoms with Gasteiger partial charge in [0.05, 0.1) is 12.0 Å². The Bertz CT molecular complexity index is 613. The number of phenolic OH excluding ortho intramolecular Hbond substituents is 1. The molecule has 2 aromatic rings. The van der Waals surface area contributed by atoms with E-state index in [1.807, 2.05) is 0 Å². The summed E-state index contributed by atoms with van der Waals surface area (Å²) in [6.45, 7) is 0.421. The molecule has 2 rings (SSSR count). The lowest BCUT2D eigenvalue weighted by atomic mass is 10.2. The molecule has 5 nitrogen and oxygen atoms in total. The van der Waals surface area contributed by atoms with Crippen molar-refractivity contribution in [2.45, 2.75) is 11.4 Å². The Hall–Kier alpha value is -2.05. The van der Waals surface area contributed by atoms with Crippen LogP contribution in [0.25, 0.3) is 0 Å². The van der Waals surface area contributed by atoms with E-state index in [2.05, 4.69) is 5.32 Å². The second-order valence-corrected chi connectivity index (χ2v) is 5.06. The highest BCUT2D eigenvalue weighted by atomic mass is 32.2. The molecule has 0 aliphatic rings. The first-order valence-electron chi connectivity index (χ1n) is 5.91. The maximum atomic E-state index is 10.9. The van der Waals surface area contributed by atoms with Gasteiger partial charge in [-0.25, -0.2) is 4.21 Å². The van der Waals surface area contributed by atoms with Gasteiger partial charge in [-0.3, -0.25) is 0 Å². The number of nitrogens with one attached hydrogen (secondary N) is 1. The molecule has 0 heterocycles. The van der Waals surface area contributed by atoms with E-state index >= 15 is 0 Å². The number of anilines is 1. The van der Waals surface area contributed by atoms with Crippen LogP contribution in [-0.2, 0) is 17.6 Å². The molecule has 1 atom stereocenters. The Morgan fingerprint density at radius 2 is 1.90 bits per heavy atom. The van der Waals surface area contributed by atoms with Gasteiger partial charge in [-0.05, 0) is 30.3 Å². The summed E-state index contributed by atoms with van der Waals surface area (Å²) in [5, 5.41) is 13.1. The highest BCUT2D eigenvalue weighted by Crippen LogP contribution is 2.29. The third-order valence-corrected chi connectivity index (χ3v) is 3.52. The number of benzene rings is 2. The lowest BCUT2D eigenvalue weighted by Crippen LogP contribution is -2.00. The van der Waals surface area contributed by atoms with Gasteiger partial charge in [0.25, 0.3) is 0 Å². The first-order valence-corrected chi connectivity index (χ1v) is 7.02. The van der Waals surface area contributed by atoms with Crippen molar-refractivity contribution in [3.63, 3.8) is 0 Å². The van der Waals surface area contributed by atoms with Gasteiger partial charge >= 0.3 is 0 Å². The van der Waals surface area contributed by atoms with E-state index in [0.29, 0.717) is 22.8 Å². The molecule has 0 bridgehead atoms. The molecule has 0 saturated carbocycles. The van der Waals surface area contributed by atoms with Crippen LogP contribution < -0.4 is 10.1 Å². The van der Waals surface area contributed by atoms with Crippen LogP contribution >= 0.6 is 0 Å². The molecule has 2 aromatic carbocycles. The fourth-order valence-electron chi connectivity index (χ4n) is 1.76. The molecule has 6 heteroatoms.